The maximum atomic E-state index is 9.03. The number of nitrogen functional groups attached to an aromatic ring is 1. The van der Waals surface area contributed by atoms with Crippen LogP contribution in [0.3, 0.4) is 0 Å². The molecule has 0 radical (unpaired) electrons. The van der Waals surface area contributed by atoms with Gasteiger partial charge in [-0.05, 0) is 29.7 Å². The van der Waals surface area contributed by atoms with E-state index in [9.17, 15) is 0 Å². The molecule has 130 valence electrons. The van der Waals surface area contributed by atoms with Crippen LogP contribution < -0.4 is 10.5 Å². The van der Waals surface area contributed by atoms with Crippen molar-refractivity contribution in [1.29, 1.82) is 0 Å². The van der Waals surface area contributed by atoms with Gasteiger partial charge in [0.05, 0.1) is 18.9 Å². The lowest BCUT2D eigenvalue weighted by atomic mass is 10.1. The molecule has 0 fully saturated rings. The number of anilines is 1. The standard InChI is InChI=1S/C19H26N2O3/c20-18-14-16(8-9-21(10-12-22)11-13-23)6-7-19(18)24-15-17-4-2-1-3-5-17/h1-7,14,22-23H,8-13,15,20H2. The summed E-state index contributed by atoms with van der Waals surface area (Å²) in [6.45, 7) is 2.57. The highest BCUT2D eigenvalue weighted by Crippen LogP contribution is 2.24. The molecule has 0 aliphatic carbocycles. The van der Waals surface area contributed by atoms with Gasteiger partial charge in [0, 0.05) is 19.6 Å². The molecule has 0 spiro atoms. The summed E-state index contributed by atoms with van der Waals surface area (Å²) in [4.78, 5) is 2.02. The van der Waals surface area contributed by atoms with Gasteiger partial charge in [0.15, 0.2) is 0 Å². The average Bonchev–Trinajstić information content (AvgIpc) is 2.60. The number of aliphatic hydroxyl groups is 2. The van der Waals surface area contributed by atoms with Crippen molar-refractivity contribution in [2.24, 2.45) is 0 Å². The van der Waals surface area contributed by atoms with Gasteiger partial charge in [0.2, 0.25) is 0 Å². The lowest BCUT2D eigenvalue weighted by Crippen LogP contribution is -2.31. The molecule has 4 N–H and O–H groups in total. The molecular weight excluding hydrogens is 304 g/mol. The molecule has 2 rings (SSSR count). The van der Waals surface area contributed by atoms with Crippen LogP contribution in [-0.2, 0) is 13.0 Å². The van der Waals surface area contributed by atoms with Gasteiger partial charge in [0.25, 0.3) is 0 Å². The van der Waals surface area contributed by atoms with Crippen molar-refractivity contribution in [2.75, 3.05) is 38.6 Å². The second kappa shape index (κ2) is 9.93. The lowest BCUT2D eigenvalue weighted by Gasteiger charge is -2.20. The number of nitrogens with zero attached hydrogens (tertiary/aromatic N) is 1. The number of nitrogens with two attached hydrogens (primary N) is 1. The Bertz CT molecular complexity index is 599. The largest absolute Gasteiger partial charge is 0.487 e. The normalized spacial score (nSPS) is 11.0. The Hall–Kier alpha value is -2.08. The highest BCUT2D eigenvalue weighted by molar-refractivity contribution is 5.54. The van der Waals surface area contributed by atoms with Gasteiger partial charge in [-0.1, -0.05) is 36.4 Å². The average molecular weight is 330 g/mol. The number of rotatable bonds is 10. The van der Waals surface area contributed by atoms with Crippen molar-refractivity contribution in [3.8, 4) is 5.75 Å². The van der Waals surface area contributed by atoms with Crippen LogP contribution in [0.15, 0.2) is 48.5 Å². The molecule has 0 heterocycles. The van der Waals surface area contributed by atoms with Crippen molar-refractivity contribution in [3.63, 3.8) is 0 Å². The number of aliphatic hydroxyl groups excluding tert-OH is 2. The van der Waals surface area contributed by atoms with Crippen molar-refractivity contribution < 1.29 is 14.9 Å². The molecule has 0 atom stereocenters. The molecule has 0 saturated heterocycles. The third-order valence-electron chi connectivity index (χ3n) is 3.86. The Kier molecular flexibility index (Phi) is 7.55. The van der Waals surface area contributed by atoms with E-state index >= 15 is 0 Å². The molecule has 0 bridgehead atoms. The highest BCUT2D eigenvalue weighted by atomic mass is 16.5. The van der Waals surface area contributed by atoms with Crippen molar-refractivity contribution in [2.45, 2.75) is 13.0 Å². The molecule has 5 nitrogen and oxygen atoms in total. The van der Waals surface area contributed by atoms with Crippen LogP contribution in [0, 0.1) is 0 Å². The van der Waals surface area contributed by atoms with E-state index in [0.717, 1.165) is 24.1 Å². The monoisotopic (exact) mass is 330 g/mol. The summed E-state index contributed by atoms with van der Waals surface area (Å²) in [5.41, 5.74) is 8.93. The van der Waals surface area contributed by atoms with E-state index < -0.39 is 0 Å². The molecule has 0 amide bonds. The summed E-state index contributed by atoms with van der Waals surface area (Å²) in [6, 6.07) is 15.8. The quantitative estimate of drug-likeness (QED) is 0.578. The molecule has 0 aliphatic rings. The third-order valence-corrected chi connectivity index (χ3v) is 3.86. The summed E-state index contributed by atoms with van der Waals surface area (Å²) in [5.74, 6) is 0.685. The van der Waals surface area contributed by atoms with Crippen LogP contribution in [0.1, 0.15) is 11.1 Å². The van der Waals surface area contributed by atoms with E-state index in [2.05, 4.69) is 0 Å². The van der Waals surface area contributed by atoms with Gasteiger partial charge >= 0.3 is 0 Å². The minimum absolute atomic E-state index is 0.0917. The summed E-state index contributed by atoms with van der Waals surface area (Å²) in [6.07, 6.45) is 0.809. The first-order chi connectivity index (χ1) is 11.7. The molecule has 5 heteroatoms. The van der Waals surface area contributed by atoms with Gasteiger partial charge in [-0.2, -0.15) is 0 Å². The predicted octanol–water partition coefficient (Wildman–Crippen LogP) is 1.68. The Morgan fingerprint density at radius 3 is 2.21 bits per heavy atom. The van der Waals surface area contributed by atoms with Crippen LogP contribution >= 0.6 is 0 Å². The zero-order valence-electron chi connectivity index (χ0n) is 13.9. The topological polar surface area (TPSA) is 79.0 Å². The number of benzene rings is 2. The number of hydrogen-bond acceptors (Lipinski definition) is 5. The van der Waals surface area contributed by atoms with Crippen LogP contribution in [0.2, 0.25) is 0 Å². The predicted molar refractivity (Wildman–Crippen MR) is 95.9 cm³/mol. The minimum atomic E-state index is 0.0917. The second-order valence-corrected chi connectivity index (χ2v) is 5.69. The van der Waals surface area contributed by atoms with Gasteiger partial charge in [-0.15, -0.1) is 0 Å². The van der Waals surface area contributed by atoms with Gasteiger partial charge in [-0.3, -0.25) is 4.90 Å². The van der Waals surface area contributed by atoms with Crippen LogP contribution in [0.5, 0.6) is 5.75 Å². The minimum Gasteiger partial charge on any atom is -0.487 e. The molecule has 2 aromatic rings. The van der Waals surface area contributed by atoms with Crippen LogP contribution in [-0.4, -0.2) is 48.0 Å². The second-order valence-electron chi connectivity index (χ2n) is 5.69. The summed E-state index contributed by atoms with van der Waals surface area (Å²) in [5, 5.41) is 18.1. The Morgan fingerprint density at radius 1 is 0.875 bits per heavy atom. The highest BCUT2D eigenvalue weighted by Gasteiger charge is 2.06. The number of hydrogen-bond donors (Lipinski definition) is 3. The summed E-state index contributed by atoms with van der Waals surface area (Å²) < 4.78 is 5.78. The fourth-order valence-electron chi connectivity index (χ4n) is 2.53. The molecule has 0 aromatic heterocycles. The first-order valence-electron chi connectivity index (χ1n) is 8.22. The van der Waals surface area contributed by atoms with E-state index in [0.29, 0.717) is 31.1 Å². The fourth-order valence-corrected chi connectivity index (χ4v) is 2.53. The van der Waals surface area contributed by atoms with E-state index in [4.69, 9.17) is 20.7 Å². The van der Waals surface area contributed by atoms with Crippen LogP contribution in [0.4, 0.5) is 5.69 Å². The summed E-state index contributed by atoms with van der Waals surface area (Å²) >= 11 is 0. The SMILES string of the molecule is Nc1cc(CCN(CCO)CCO)ccc1OCc1ccccc1. The van der Waals surface area contributed by atoms with Crippen molar-refractivity contribution in [3.05, 3.63) is 59.7 Å². The zero-order valence-corrected chi connectivity index (χ0v) is 13.9. The van der Waals surface area contributed by atoms with Gasteiger partial charge < -0.3 is 20.7 Å². The van der Waals surface area contributed by atoms with Gasteiger partial charge in [0.1, 0.15) is 12.4 Å². The Balaban J connectivity index is 1.89. The maximum Gasteiger partial charge on any atom is 0.142 e. The molecule has 24 heavy (non-hydrogen) atoms. The first-order valence-corrected chi connectivity index (χ1v) is 8.22. The molecule has 0 aliphatic heterocycles. The zero-order chi connectivity index (χ0) is 17.2. The molecule has 0 unspecified atom stereocenters. The van der Waals surface area contributed by atoms with Crippen molar-refractivity contribution in [1.82, 2.24) is 4.90 Å². The van der Waals surface area contributed by atoms with E-state index in [-0.39, 0.29) is 13.2 Å². The molecule has 0 saturated carbocycles. The maximum absolute atomic E-state index is 9.03. The third kappa shape index (κ3) is 5.85. The lowest BCUT2D eigenvalue weighted by molar-refractivity contribution is 0.162. The Labute approximate surface area is 143 Å². The Morgan fingerprint density at radius 2 is 1.58 bits per heavy atom. The van der Waals surface area contributed by atoms with Gasteiger partial charge in [-0.25, -0.2) is 0 Å². The van der Waals surface area contributed by atoms with Crippen LogP contribution in [0.25, 0.3) is 0 Å². The number of ether oxygens (including phenoxy) is 1. The smallest absolute Gasteiger partial charge is 0.142 e. The van der Waals surface area contributed by atoms with E-state index in [1.165, 1.54) is 0 Å². The summed E-state index contributed by atoms with van der Waals surface area (Å²) in [7, 11) is 0. The first kappa shape index (κ1) is 18.3. The molecular formula is C19H26N2O3. The van der Waals surface area contributed by atoms with E-state index in [1.54, 1.807) is 0 Å². The van der Waals surface area contributed by atoms with Crippen molar-refractivity contribution >= 4 is 5.69 Å². The molecule has 2 aromatic carbocycles. The van der Waals surface area contributed by atoms with E-state index in [1.807, 2.05) is 53.4 Å². The fraction of sp³-hybridized carbons (Fsp3) is 0.368.